The molecule has 0 unspecified atom stereocenters. The molecule has 2 heterocycles. The third-order valence-corrected chi connectivity index (χ3v) is 4.32. The lowest BCUT2D eigenvalue weighted by atomic mass is 10.2. The molecule has 0 saturated heterocycles. The molecule has 0 aliphatic heterocycles. The van der Waals surface area contributed by atoms with Gasteiger partial charge < -0.3 is 20.0 Å². The molecule has 4 rings (SSSR count). The summed E-state index contributed by atoms with van der Waals surface area (Å²) < 4.78 is 5.64. The van der Waals surface area contributed by atoms with Crippen LogP contribution < -0.4 is 15.7 Å². The molecule has 0 aliphatic rings. The Morgan fingerprint density at radius 2 is 1.82 bits per heavy atom. The van der Waals surface area contributed by atoms with E-state index in [0.717, 1.165) is 5.56 Å². The summed E-state index contributed by atoms with van der Waals surface area (Å²) in [5.41, 5.74) is 2.22. The summed E-state index contributed by atoms with van der Waals surface area (Å²) in [6.45, 7) is 0.314. The molecule has 1 amide bonds. The molecule has 0 spiro atoms. The van der Waals surface area contributed by atoms with Crippen molar-refractivity contribution in [3.05, 3.63) is 87.4 Å². The molecular weight excluding hydrogens is 380 g/mol. The zero-order valence-corrected chi connectivity index (χ0v) is 15.3. The number of hydrogen-bond acceptors (Lipinski definition) is 4. The van der Waals surface area contributed by atoms with E-state index < -0.39 is 0 Å². The van der Waals surface area contributed by atoms with Gasteiger partial charge in [-0.3, -0.25) is 4.79 Å². The van der Waals surface area contributed by atoms with Crippen molar-refractivity contribution in [3.8, 4) is 11.6 Å². The molecule has 0 atom stereocenters. The van der Waals surface area contributed by atoms with Crippen LogP contribution in [0.5, 0.6) is 11.6 Å². The number of rotatable bonds is 5. The average Bonchev–Trinajstić information content (AvgIpc) is 3.08. The van der Waals surface area contributed by atoms with Crippen molar-refractivity contribution in [2.45, 2.75) is 6.54 Å². The van der Waals surface area contributed by atoms with Gasteiger partial charge in [-0.05, 0) is 48.0 Å². The average molecular weight is 395 g/mol. The predicted octanol–water partition coefficient (Wildman–Crippen LogP) is 3.63. The molecule has 0 radical (unpaired) electrons. The van der Waals surface area contributed by atoms with Crippen molar-refractivity contribution in [1.82, 2.24) is 20.3 Å². The molecule has 140 valence electrons. The van der Waals surface area contributed by atoms with Gasteiger partial charge in [0.05, 0.1) is 11.0 Å². The third kappa shape index (κ3) is 4.05. The first-order valence-electron chi connectivity index (χ1n) is 8.45. The van der Waals surface area contributed by atoms with Crippen molar-refractivity contribution in [2.75, 3.05) is 0 Å². The summed E-state index contributed by atoms with van der Waals surface area (Å²) >= 11 is 5.85. The normalized spacial score (nSPS) is 10.8. The molecule has 2 aromatic heterocycles. The number of imidazole rings is 1. The van der Waals surface area contributed by atoms with Crippen LogP contribution in [0.2, 0.25) is 5.02 Å². The largest absolute Gasteiger partial charge is 0.439 e. The van der Waals surface area contributed by atoms with Gasteiger partial charge >= 0.3 is 5.69 Å². The number of pyridine rings is 1. The second-order valence-corrected chi connectivity index (χ2v) is 6.52. The SMILES string of the molecule is O=C(NCc1ccc(Oc2ccc(Cl)cc2)nc1)c1ccc2[nH]c(=O)[nH]c2c1. The van der Waals surface area contributed by atoms with E-state index in [-0.39, 0.29) is 11.6 Å². The first-order valence-corrected chi connectivity index (χ1v) is 8.83. The van der Waals surface area contributed by atoms with Gasteiger partial charge in [0, 0.05) is 29.4 Å². The summed E-state index contributed by atoms with van der Waals surface area (Å²) in [6, 6.07) is 15.5. The number of ether oxygens (including phenoxy) is 1. The van der Waals surface area contributed by atoms with Crippen LogP contribution in [0.15, 0.2) is 65.6 Å². The molecule has 28 heavy (non-hydrogen) atoms. The maximum absolute atomic E-state index is 12.3. The van der Waals surface area contributed by atoms with E-state index in [1.54, 1.807) is 54.7 Å². The summed E-state index contributed by atoms with van der Waals surface area (Å²) in [7, 11) is 0. The van der Waals surface area contributed by atoms with Gasteiger partial charge in [-0.1, -0.05) is 17.7 Å². The van der Waals surface area contributed by atoms with E-state index in [1.807, 2.05) is 6.07 Å². The van der Waals surface area contributed by atoms with Gasteiger partial charge in [0.2, 0.25) is 5.88 Å². The Kier molecular flexibility index (Phi) is 4.82. The van der Waals surface area contributed by atoms with Gasteiger partial charge in [0.25, 0.3) is 5.91 Å². The summed E-state index contributed by atoms with van der Waals surface area (Å²) in [6.07, 6.45) is 1.64. The Labute approximate surface area is 164 Å². The summed E-state index contributed by atoms with van der Waals surface area (Å²) in [5.74, 6) is 0.834. The van der Waals surface area contributed by atoms with Crippen molar-refractivity contribution in [1.29, 1.82) is 0 Å². The quantitative estimate of drug-likeness (QED) is 0.481. The number of amides is 1. The fourth-order valence-electron chi connectivity index (χ4n) is 2.66. The number of nitrogens with one attached hydrogen (secondary N) is 3. The first-order chi connectivity index (χ1) is 13.6. The second kappa shape index (κ2) is 7.58. The minimum atomic E-state index is -0.306. The highest BCUT2D eigenvalue weighted by Gasteiger charge is 2.08. The Bertz CT molecular complexity index is 1180. The van der Waals surface area contributed by atoms with Crippen LogP contribution in [0.25, 0.3) is 11.0 Å². The van der Waals surface area contributed by atoms with Gasteiger partial charge in [-0.2, -0.15) is 0 Å². The lowest BCUT2D eigenvalue weighted by Crippen LogP contribution is -2.22. The van der Waals surface area contributed by atoms with Crippen LogP contribution in [-0.4, -0.2) is 20.9 Å². The van der Waals surface area contributed by atoms with Crippen LogP contribution in [0, 0.1) is 0 Å². The maximum Gasteiger partial charge on any atom is 0.323 e. The predicted molar refractivity (Wildman–Crippen MR) is 106 cm³/mol. The third-order valence-electron chi connectivity index (χ3n) is 4.06. The highest BCUT2D eigenvalue weighted by molar-refractivity contribution is 6.30. The van der Waals surface area contributed by atoms with Crippen LogP contribution in [-0.2, 0) is 6.54 Å². The molecule has 4 aromatic rings. The molecule has 0 fully saturated rings. The van der Waals surface area contributed by atoms with Gasteiger partial charge in [0.15, 0.2) is 0 Å². The van der Waals surface area contributed by atoms with E-state index >= 15 is 0 Å². The fraction of sp³-hybridized carbons (Fsp3) is 0.0500. The number of aromatic nitrogens is 3. The number of carbonyl (C=O) groups excluding carboxylic acids is 1. The zero-order chi connectivity index (χ0) is 19.5. The monoisotopic (exact) mass is 394 g/mol. The summed E-state index contributed by atoms with van der Waals surface area (Å²) in [5, 5.41) is 3.46. The smallest absolute Gasteiger partial charge is 0.323 e. The van der Waals surface area contributed by atoms with E-state index in [1.165, 1.54) is 0 Å². The molecule has 2 aromatic carbocycles. The van der Waals surface area contributed by atoms with E-state index in [9.17, 15) is 9.59 Å². The van der Waals surface area contributed by atoms with Gasteiger partial charge in [-0.25, -0.2) is 9.78 Å². The van der Waals surface area contributed by atoms with Gasteiger partial charge in [-0.15, -0.1) is 0 Å². The number of fused-ring (bicyclic) bond motifs is 1. The van der Waals surface area contributed by atoms with Crippen molar-refractivity contribution < 1.29 is 9.53 Å². The zero-order valence-electron chi connectivity index (χ0n) is 14.5. The number of H-pyrrole nitrogens is 2. The van der Waals surface area contributed by atoms with Crippen molar-refractivity contribution >= 4 is 28.5 Å². The summed E-state index contributed by atoms with van der Waals surface area (Å²) in [4.78, 5) is 33.2. The van der Waals surface area contributed by atoms with E-state index in [4.69, 9.17) is 16.3 Å². The van der Waals surface area contributed by atoms with Crippen molar-refractivity contribution in [2.24, 2.45) is 0 Å². The molecule has 0 saturated carbocycles. The number of benzene rings is 2. The van der Waals surface area contributed by atoms with Crippen molar-refractivity contribution in [3.63, 3.8) is 0 Å². The number of aromatic amines is 2. The molecule has 0 bridgehead atoms. The minimum Gasteiger partial charge on any atom is -0.439 e. The fourth-order valence-corrected chi connectivity index (χ4v) is 2.78. The number of hydrogen-bond donors (Lipinski definition) is 3. The maximum atomic E-state index is 12.3. The number of carbonyl (C=O) groups is 1. The van der Waals surface area contributed by atoms with Crippen LogP contribution >= 0.6 is 11.6 Å². The highest BCUT2D eigenvalue weighted by Crippen LogP contribution is 2.21. The standard InChI is InChI=1S/C20H15ClN4O3/c21-14-3-5-15(6-4-14)28-18-8-1-12(10-22-18)11-23-19(26)13-2-7-16-17(9-13)25-20(27)24-16/h1-10H,11H2,(H,23,26)(H2,24,25,27). The Balaban J connectivity index is 1.37. The molecule has 3 N–H and O–H groups in total. The Morgan fingerprint density at radius 3 is 2.57 bits per heavy atom. The van der Waals surface area contributed by atoms with E-state index in [0.29, 0.717) is 39.8 Å². The number of nitrogens with zero attached hydrogens (tertiary/aromatic N) is 1. The molecule has 7 nitrogen and oxygen atoms in total. The van der Waals surface area contributed by atoms with Crippen LogP contribution in [0.3, 0.4) is 0 Å². The minimum absolute atomic E-state index is 0.245. The molecule has 8 heteroatoms. The highest BCUT2D eigenvalue weighted by atomic mass is 35.5. The molecule has 0 aliphatic carbocycles. The Morgan fingerprint density at radius 1 is 1.04 bits per heavy atom. The lowest BCUT2D eigenvalue weighted by Gasteiger charge is -2.07. The second-order valence-electron chi connectivity index (χ2n) is 6.08. The first kappa shape index (κ1) is 17.8. The lowest BCUT2D eigenvalue weighted by molar-refractivity contribution is 0.0951. The van der Waals surface area contributed by atoms with Gasteiger partial charge in [0.1, 0.15) is 5.75 Å². The topological polar surface area (TPSA) is 99.9 Å². The van der Waals surface area contributed by atoms with Crippen LogP contribution in [0.1, 0.15) is 15.9 Å². The molecular formula is C20H15ClN4O3. The van der Waals surface area contributed by atoms with E-state index in [2.05, 4.69) is 20.3 Å². The number of halogens is 1. The Hall–Kier alpha value is -3.58. The van der Waals surface area contributed by atoms with Crippen LogP contribution in [0.4, 0.5) is 0 Å².